The maximum absolute atomic E-state index is 12.2. The van der Waals surface area contributed by atoms with Gasteiger partial charge in [0.2, 0.25) is 0 Å². The molecule has 1 rings (SSSR count). The highest BCUT2D eigenvalue weighted by Gasteiger charge is 2.14. The lowest BCUT2D eigenvalue weighted by Gasteiger charge is -2.24. The molecule has 0 saturated heterocycles. The van der Waals surface area contributed by atoms with Crippen molar-refractivity contribution < 1.29 is 14.6 Å². The summed E-state index contributed by atoms with van der Waals surface area (Å²) in [7, 11) is 1.38. The van der Waals surface area contributed by atoms with Crippen molar-refractivity contribution in [1.82, 2.24) is 0 Å². The summed E-state index contributed by atoms with van der Waals surface area (Å²) in [6, 6.07) is 4.90. The van der Waals surface area contributed by atoms with Crippen molar-refractivity contribution in [2.75, 3.05) is 25.1 Å². The summed E-state index contributed by atoms with van der Waals surface area (Å²) in [6.07, 6.45) is 22.2. The standard InChI is InChI=1S/C38H57NO3/c1-29(2)14-10-16-31(5)18-12-20-33(7)24-26-39(36-28-35(38(41)42-9)22-23-37(36)40)27-25-34(8)21-13-19-32(6)17-11-15-30(3)4/h14-15,18-19,22-25,28,40H,10-13,16-17,20-21,26-27H2,1-9H3/b31-18+,32-19+,33-24+,34-25+. The fourth-order valence-electron chi connectivity index (χ4n) is 4.50. The first kappa shape index (κ1) is 36.8. The molecule has 0 fully saturated rings. The van der Waals surface area contributed by atoms with Crippen molar-refractivity contribution in [3.63, 3.8) is 0 Å². The molecule has 42 heavy (non-hydrogen) atoms. The molecule has 0 bridgehead atoms. The van der Waals surface area contributed by atoms with Gasteiger partial charge in [-0.1, -0.05) is 69.9 Å². The Morgan fingerprint density at radius 1 is 0.667 bits per heavy atom. The first-order valence-corrected chi connectivity index (χ1v) is 15.5. The Morgan fingerprint density at radius 2 is 1.07 bits per heavy atom. The van der Waals surface area contributed by atoms with Gasteiger partial charge in [0.05, 0.1) is 18.4 Å². The number of hydrogen-bond donors (Lipinski definition) is 1. The van der Waals surface area contributed by atoms with E-state index >= 15 is 0 Å². The number of benzene rings is 1. The highest BCUT2D eigenvalue weighted by molar-refractivity contribution is 5.91. The van der Waals surface area contributed by atoms with Crippen LogP contribution in [0.2, 0.25) is 0 Å². The zero-order chi connectivity index (χ0) is 31.5. The van der Waals surface area contributed by atoms with Gasteiger partial charge in [0.25, 0.3) is 0 Å². The van der Waals surface area contributed by atoms with Crippen LogP contribution in [0.4, 0.5) is 5.69 Å². The maximum Gasteiger partial charge on any atom is 0.337 e. The van der Waals surface area contributed by atoms with Gasteiger partial charge >= 0.3 is 5.97 Å². The van der Waals surface area contributed by atoms with Crippen LogP contribution in [0, 0.1) is 0 Å². The van der Waals surface area contributed by atoms with Crippen LogP contribution in [-0.2, 0) is 4.74 Å². The highest BCUT2D eigenvalue weighted by atomic mass is 16.5. The molecule has 1 aromatic carbocycles. The minimum Gasteiger partial charge on any atom is -0.506 e. The van der Waals surface area contributed by atoms with E-state index in [1.165, 1.54) is 40.5 Å². The predicted octanol–water partition coefficient (Wildman–Crippen LogP) is 10.8. The number of allylic oxidation sites excluding steroid dienone is 10. The van der Waals surface area contributed by atoms with Crippen LogP contribution < -0.4 is 4.90 Å². The lowest BCUT2D eigenvalue weighted by Crippen LogP contribution is -2.24. The molecule has 0 aliphatic rings. The van der Waals surface area contributed by atoms with E-state index in [-0.39, 0.29) is 5.75 Å². The molecule has 0 aliphatic heterocycles. The Kier molecular flexibility index (Phi) is 18.0. The molecule has 4 nitrogen and oxygen atoms in total. The molecule has 0 unspecified atom stereocenters. The van der Waals surface area contributed by atoms with Crippen LogP contribution in [0.15, 0.2) is 88.1 Å². The summed E-state index contributed by atoms with van der Waals surface area (Å²) in [5.74, 6) is -0.252. The molecule has 1 aromatic rings. The van der Waals surface area contributed by atoms with Crippen LogP contribution in [-0.4, -0.2) is 31.3 Å². The normalized spacial score (nSPS) is 12.7. The highest BCUT2D eigenvalue weighted by Crippen LogP contribution is 2.29. The number of carbonyl (C=O) groups is 1. The molecule has 0 amide bonds. The van der Waals surface area contributed by atoms with Gasteiger partial charge < -0.3 is 14.7 Å². The fourth-order valence-corrected chi connectivity index (χ4v) is 4.50. The van der Waals surface area contributed by atoms with E-state index < -0.39 is 5.97 Å². The number of phenols is 1. The van der Waals surface area contributed by atoms with Crippen molar-refractivity contribution in [2.45, 2.75) is 107 Å². The summed E-state index contributed by atoms with van der Waals surface area (Å²) < 4.78 is 4.93. The van der Waals surface area contributed by atoms with Gasteiger partial charge in [-0.2, -0.15) is 0 Å². The van der Waals surface area contributed by atoms with E-state index in [0.717, 1.165) is 51.4 Å². The van der Waals surface area contributed by atoms with Gasteiger partial charge in [-0.25, -0.2) is 4.79 Å². The Balaban J connectivity index is 2.96. The second-order valence-corrected chi connectivity index (χ2v) is 12.0. The maximum atomic E-state index is 12.2. The number of rotatable bonds is 18. The van der Waals surface area contributed by atoms with Gasteiger partial charge in [-0.15, -0.1) is 0 Å². The van der Waals surface area contributed by atoms with Gasteiger partial charge in [0.1, 0.15) is 5.75 Å². The predicted molar refractivity (Wildman–Crippen MR) is 182 cm³/mol. The number of ether oxygens (including phenoxy) is 1. The largest absolute Gasteiger partial charge is 0.506 e. The fraction of sp³-hybridized carbons (Fsp3) is 0.500. The van der Waals surface area contributed by atoms with Crippen LogP contribution >= 0.6 is 0 Å². The SMILES string of the molecule is COC(=O)c1ccc(O)c(N(C/C=C(\C)CC/C=C(\C)CCC=C(C)C)C/C=C(\C)CC/C=C(\C)CCC=C(C)C)c1. The number of phenolic OH excluding ortho intramolecular Hbond substituents is 1. The number of aromatic hydroxyl groups is 1. The average molecular weight is 576 g/mol. The summed E-state index contributed by atoms with van der Waals surface area (Å²) in [4.78, 5) is 14.3. The minimum absolute atomic E-state index is 0.157. The van der Waals surface area contributed by atoms with Crippen molar-refractivity contribution in [2.24, 2.45) is 0 Å². The summed E-state index contributed by atoms with van der Waals surface area (Å²) in [5.41, 5.74) is 9.30. The zero-order valence-corrected chi connectivity index (χ0v) is 28.0. The molecule has 0 spiro atoms. The third-order valence-corrected chi connectivity index (χ3v) is 7.30. The van der Waals surface area contributed by atoms with Crippen LogP contribution in [0.1, 0.15) is 117 Å². The third kappa shape index (κ3) is 16.2. The van der Waals surface area contributed by atoms with Crippen molar-refractivity contribution in [1.29, 1.82) is 0 Å². The van der Waals surface area contributed by atoms with E-state index in [1.54, 1.807) is 18.2 Å². The second-order valence-electron chi connectivity index (χ2n) is 12.0. The Bertz CT molecular complexity index is 1110. The molecule has 0 heterocycles. The molecule has 1 N–H and O–H groups in total. The zero-order valence-electron chi connectivity index (χ0n) is 28.0. The lowest BCUT2D eigenvalue weighted by molar-refractivity contribution is 0.0600. The minimum atomic E-state index is -0.409. The molecule has 4 heteroatoms. The molecular formula is C38H57NO3. The lowest BCUT2D eigenvalue weighted by atomic mass is 10.1. The number of anilines is 1. The van der Waals surface area contributed by atoms with E-state index in [2.05, 4.69) is 96.7 Å². The Labute approximate surface area is 257 Å². The molecule has 232 valence electrons. The number of carbonyl (C=O) groups excluding carboxylic acids is 1. The average Bonchev–Trinajstić information content (AvgIpc) is 2.92. The molecule has 0 aromatic heterocycles. The Hall–Kier alpha value is -3.27. The van der Waals surface area contributed by atoms with Crippen LogP contribution in [0.5, 0.6) is 5.75 Å². The van der Waals surface area contributed by atoms with Gasteiger partial charge in [-0.05, 0) is 125 Å². The molecule has 0 radical (unpaired) electrons. The number of hydrogen-bond acceptors (Lipinski definition) is 4. The Morgan fingerprint density at radius 3 is 1.48 bits per heavy atom. The van der Waals surface area contributed by atoms with Crippen molar-refractivity contribution >= 4 is 11.7 Å². The quantitative estimate of drug-likeness (QED) is 0.140. The van der Waals surface area contributed by atoms with E-state index in [4.69, 9.17) is 4.74 Å². The van der Waals surface area contributed by atoms with E-state index in [0.29, 0.717) is 24.3 Å². The van der Waals surface area contributed by atoms with Crippen molar-refractivity contribution in [3.05, 3.63) is 93.7 Å². The van der Waals surface area contributed by atoms with Gasteiger partial charge in [0.15, 0.2) is 0 Å². The third-order valence-electron chi connectivity index (χ3n) is 7.30. The summed E-state index contributed by atoms with van der Waals surface area (Å²) in [5, 5.41) is 10.7. The summed E-state index contributed by atoms with van der Waals surface area (Å²) in [6.45, 7) is 18.6. The first-order chi connectivity index (χ1) is 19.9. The molecule has 0 atom stereocenters. The van der Waals surface area contributed by atoms with E-state index in [9.17, 15) is 9.90 Å². The van der Waals surface area contributed by atoms with Crippen LogP contribution in [0.25, 0.3) is 0 Å². The van der Waals surface area contributed by atoms with Crippen molar-refractivity contribution in [3.8, 4) is 5.75 Å². The van der Waals surface area contributed by atoms with E-state index in [1.807, 2.05) is 0 Å². The topological polar surface area (TPSA) is 49.8 Å². The molecule has 0 saturated carbocycles. The number of esters is 1. The molecule has 0 aliphatic carbocycles. The molecular weight excluding hydrogens is 518 g/mol. The van der Waals surface area contributed by atoms with Crippen LogP contribution in [0.3, 0.4) is 0 Å². The summed E-state index contributed by atoms with van der Waals surface area (Å²) >= 11 is 0. The monoisotopic (exact) mass is 575 g/mol. The van der Waals surface area contributed by atoms with Gasteiger partial charge in [-0.3, -0.25) is 0 Å². The first-order valence-electron chi connectivity index (χ1n) is 15.5. The van der Waals surface area contributed by atoms with Gasteiger partial charge in [0, 0.05) is 13.1 Å². The smallest absolute Gasteiger partial charge is 0.337 e. The number of nitrogens with zero attached hydrogens (tertiary/aromatic N) is 1. The number of methoxy groups -OCH3 is 1. The second kappa shape index (κ2) is 20.6.